The molecule has 0 aliphatic carbocycles. The minimum absolute atomic E-state index is 0.141. The van der Waals surface area contributed by atoms with E-state index in [1.54, 1.807) is 13.8 Å². The number of fused-ring (bicyclic) bond motifs is 1. The van der Waals surface area contributed by atoms with Gasteiger partial charge in [-0.05, 0) is 38.3 Å². The number of hydrogen-bond acceptors (Lipinski definition) is 2. The summed E-state index contributed by atoms with van der Waals surface area (Å²) in [5.41, 5.74) is 0.151. The number of carbonyl (C=O) groups is 1. The maximum atomic E-state index is 13.9. The molecule has 20 heavy (non-hydrogen) atoms. The van der Waals surface area contributed by atoms with Crippen LogP contribution < -0.4 is 4.90 Å². The first-order valence-corrected chi connectivity index (χ1v) is 6.50. The van der Waals surface area contributed by atoms with E-state index >= 15 is 0 Å². The standard InChI is InChI=1S/C14H16F3NO2/c1-8(2)20-7-11(19)18-5-3-4-9-6-10(15)12(16)13(17)14(9)18/h6,8H,3-5,7H2,1-2H3. The molecule has 2 rings (SSSR count). The zero-order valence-corrected chi connectivity index (χ0v) is 11.4. The van der Waals surface area contributed by atoms with Crippen LogP contribution in [0.3, 0.4) is 0 Å². The van der Waals surface area contributed by atoms with Gasteiger partial charge < -0.3 is 9.64 Å². The van der Waals surface area contributed by atoms with Gasteiger partial charge in [-0.15, -0.1) is 0 Å². The molecule has 3 nitrogen and oxygen atoms in total. The van der Waals surface area contributed by atoms with Crippen molar-refractivity contribution in [2.24, 2.45) is 0 Å². The van der Waals surface area contributed by atoms with E-state index in [4.69, 9.17) is 4.74 Å². The second-order valence-corrected chi connectivity index (χ2v) is 5.00. The first kappa shape index (κ1) is 14.8. The fraction of sp³-hybridized carbons (Fsp3) is 0.500. The Kier molecular flexibility index (Phi) is 4.32. The van der Waals surface area contributed by atoms with Gasteiger partial charge in [0.15, 0.2) is 17.5 Å². The number of hydrogen-bond donors (Lipinski definition) is 0. The number of benzene rings is 1. The summed E-state index contributed by atoms with van der Waals surface area (Å²) >= 11 is 0. The van der Waals surface area contributed by atoms with Crippen molar-refractivity contribution in [3.63, 3.8) is 0 Å². The first-order valence-electron chi connectivity index (χ1n) is 6.50. The Morgan fingerprint density at radius 1 is 1.35 bits per heavy atom. The van der Waals surface area contributed by atoms with Crippen LogP contribution in [-0.2, 0) is 16.0 Å². The topological polar surface area (TPSA) is 29.5 Å². The third kappa shape index (κ3) is 2.80. The molecule has 0 saturated heterocycles. The predicted molar refractivity (Wildman–Crippen MR) is 68.1 cm³/mol. The molecule has 0 unspecified atom stereocenters. The van der Waals surface area contributed by atoms with E-state index in [0.717, 1.165) is 11.0 Å². The maximum absolute atomic E-state index is 13.9. The van der Waals surface area contributed by atoms with Crippen molar-refractivity contribution in [3.8, 4) is 0 Å². The quantitative estimate of drug-likeness (QED) is 0.800. The molecule has 1 aliphatic heterocycles. The SMILES string of the molecule is CC(C)OCC(=O)N1CCCc2cc(F)c(F)c(F)c21. The average Bonchev–Trinajstić information content (AvgIpc) is 2.41. The average molecular weight is 287 g/mol. The molecule has 6 heteroatoms. The van der Waals surface area contributed by atoms with E-state index in [-0.39, 0.29) is 24.9 Å². The maximum Gasteiger partial charge on any atom is 0.253 e. The summed E-state index contributed by atoms with van der Waals surface area (Å²) in [4.78, 5) is 13.2. The lowest BCUT2D eigenvalue weighted by molar-refractivity contribution is -0.124. The summed E-state index contributed by atoms with van der Waals surface area (Å²) in [6.45, 7) is 3.60. The normalized spacial score (nSPS) is 14.6. The minimum Gasteiger partial charge on any atom is -0.369 e. The lowest BCUT2D eigenvalue weighted by atomic mass is 10.0. The van der Waals surface area contributed by atoms with Gasteiger partial charge in [-0.25, -0.2) is 13.2 Å². The number of halogens is 3. The van der Waals surface area contributed by atoms with Gasteiger partial charge in [0.1, 0.15) is 6.61 Å². The number of carbonyl (C=O) groups excluding carboxylic acids is 1. The Bertz CT molecular complexity index is 532. The number of rotatable bonds is 3. The monoisotopic (exact) mass is 287 g/mol. The van der Waals surface area contributed by atoms with Gasteiger partial charge in [-0.2, -0.15) is 0 Å². The first-order chi connectivity index (χ1) is 9.41. The van der Waals surface area contributed by atoms with E-state index in [0.29, 0.717) is 18.4 Å². The lowest BCUT2D eigenvalue weighted by Gasteiger charge is -2.30. The molecular weight excluding hydrogens is 271 g/mol. The molecule has 0 N–H and O–H groups in total. The van der Waals surface area contributed by atoms with Gasteiger partial charge in [-0.1, -0.05) is 0 Å². The van der Waals surface area contributed by atoms with Crippen LogP contribution in [0.2, 0.25) is 0 Å². The molecule has 0 spiro atoms. The fourth-order valence-electron chi connectivity index (χ4n) is 2.22. The number of amides is 1. The molecule has 0 atom stereocenters. The zero-order chi connectivity index (χ0) is 14.9. The predicted octanol–water partition coefficient (Wildman–Crippen LogP) is 2.81. The molecule has 1 aromatic rings. The highest BCUT2D eigenvalue weighted by Gasteiger charge is 2.29. The van der Waals surface area contributed by atoms with Gasteiger partial charge in [-0.3, -0.25) is 4.79 Å². The molecule has 1 aromatic carbocycles. The van der Waals surface area contributed by atoms with Crippen molar-refractivity contribution >= 4 is 11.6 Å². The van der Waals surface area contributed by atoms with E-state index in [1.165, 1.54) is 0 Å². The van der Waals surface area contributed by atoms with E-state index in [9.17, 15) is 18.0 Å². The molecule has 0 aromatic heterocycles. The van der Waals surface area contributed by atoms with Gasteiger partial charge in [0.2, 0.25) is 0 Å². The molecular formula is C14H16F3NO2. The number of nitrogens with zero attached hydrogens (tertiary/aromatic N) is 1. The van der Waals surface area contributed by atoms with Crippen LogP contribution in [0.4, 0.5) is 18.9 Å². The summed E-state index contributed by atoms with van der Waals surface area (Å²) in [6.07, 6.45) is 0.849. The Morgan fingerprint density at radius 3 is 2.70 bits per heavy atom. The lowest BCUT2D eigenvalue weighted by Crippen LogP contribution is -2.39. The van der Waals surface area contributed by atoms with Crippen LogP contribution in [-0.4, -0.2) is 25.2 Å². The van der Waals surface area contributed by atoms with Gasteiger partial charge >= 0.3 is 0 Å². The van der Waals surface area contributed by atoms with Crippen LogP contribution in [0.15, 0.2) is 6.07 Å². The molecule has 110 valence electrons. The molecule has 1 amide bonds. The van der Waals surface area contributed by atoms with Crippen molar-refractivity contribution in [2.75, 3.05) is 18.1 Å². The van der Waals surface area contributed by atoms with Crippen LogP contribution in [0.25, 0.3) is 0 Å². The molecule has 1 aliphatic rings. The number of ether oxygens (including phenoxy) is 1. The highest BCUT2D eigenvalue weighted by Crippen LogP contribution is 2.33. The highest BCUT2D eigenvalue weighted by molar-refractivity contribution is 5.95. The van der Waals surface area contributed by atoms with Crippen molar-refractivity contribution in [1.82, 2.24) is 0 Å². The summed E-state index contributed by atoms with van der Waals surface area (Å²) in [7, 11) is 0. The van der Waals surface area contributed by atoms with Crippen LogP contribution in [0.5, 0.6) is 0 Å². The Balaban J connectivity index is 2.32. The van der Waals surface area contributed by atoms with Crippen molar-refractivity contribution < 1.29 is 22.7 Å². The van der Waals surface area contributed by atoms with Crippen molar-refractivity contribution in [3.05, 3.63) is 29.1 Å². The van der Waals surface area contributed by atoms with Crippen LogP contribution >= 0.6 is 0 Å². The Labute approximate surface area is 115 Å². The number of anilines is 1. The smallest absolute Gasteiger partial charge is 0.253 e. The Hall–Kier alpha value is -1.56. The van der Waals surface area contributed by atoms with Gasteiger partial charge in [0.05, 0.1) is 11.8 Å². The minimum atomic E-state index is -1.55. The van der Waals surface area contributed by atoms with E-state index in [1.807, 2.05) is 0 Å². The van der Waals surface area contributed by atoms with E-state index in [2.05, 4.69) is 0 Å². The molecule has 0 fully saturated rings. The highest BCUT2D eigenvalue weighted by atomic mass is 19.2. The third-order valence-corrected chi connectivity index (χ3v) is 3.15. The van der Waals surface area contributed by atoms with Crippen LogP contribution in [0, 0.1) is 17.5 Å². The largest absolute Gasteiger partial charge is 0.369 e. The van der Waals surface area contributed by atoms with Crippen molar-refractivity contribution in [1.29, 1.82) is 0 Å². The summed E-state index contributed by atoms with van der Waals surface area (Å²) in [5, 5.41) is 0. The summed E-state index contributed by atoms with van der Waals surface area (Å²) in [6, 6.07) is 0.955. The second-order valence-electron chi connectivity index (χ2n) is 5.00. The van der Waals surface area contributed by atoms with Crippen LogP contribution in [0.1, 0.15) is 25.8 Å². The second kappa shape index (κ2) is 5.83. The summed E-state index contributed by atoms with van der Waals surface area (Å²) < 4.78 is 45.6. The Morgan fingerprint density at radius 2 is 2.05 bits per heavy atom. The van der Waals surface area contributed by atoms with E-state index < -0.39 is 23.4 Å². The zero-order valence-electron chi connectivity index (χ0n) is 11.4. The molecule has 0 saturated carbocycles. The van der Waals surface area contributed by atoms with Crippen molar-refractivity contribution in [2.45, 2.75) is 32.8 Å². The number of aryl methyl sites for hydroxylation is 1. The molecule has 1 heterocycles. The summed E-state index contributed by atoms with van der Waals surface area (Å²) in [5.74, 6) is -4.54. The van der Waals surface area contributed by atoms with Gasteiger partial charge in [0.25, 0.3) is 5.91 Å². The third-order valence-electron chi connectivity index (χ3n) is 3.15. The molecule has 0 radical (unpaired) electrons. The molecule has 0 bridgehead atoms. The van der Waals surface area contributed by atoms with Gasteiger partial charge in [0, 0.05) is 6.54 Å². The fourth-order valence-corrected chi connectivity index (χ4v) is 2.22.